The highest BCUT2D eigenvalue weighted by Crippen LogP contribution is 2.40. The van der Waals surface area contributed by atoms with E-state index in [1.165, 1.54) is 29.2 Å². The molecule has 1 amide bonds. The summed E-state index contributed by atoms with van der Waals surface area (Å²) in [5, 5.41) is 11.2. The highest BCUT2D eigenvalue weighted by Gasteiger charge is 2.45. The van der Waals surface area contributed by atoms with Crippen LogP contribution in [0.5, 0.6) is 5.75 Å². The van der Waals surface area contributed by atoms with E-state index >= 15 is 0 Å². The summed E-state index contributed by atoms with van der Waals surface area (Å²) < 4.78 is 24.4. The van der Waals surface area contributed by atoms with Crippen molar-refractivity contribution in [3.8, 4) is 5.75 Å². The lowest BCUT2D eigenvalue weighted by Gasteiger charge is -2.25. The van der Waals surface area contributed by atoms with E-state index < -0.39 is 23.5 Å². The number of aliphatic hydroxyl groups excluding tert-OH is 1. The van der Waals surface area contributed by atoms with Gasteiger partial charge in [0.25, 0.3) is 11.7 Å². The average Bonchev–Trinajstić information content (AvgIpc) is 3.03. The minimum atomic E-state index is -0.821. The van der Waals surface area contributed by atoms with Gasteiger partial charge in [0, 0.05) is 25.8 Å². The Morgan fingerprint density at radius 2 is 1.85 bits per heavy atom. The van der Waals surface area contributed by atoms with Crippen molar-refractivity contribution < 1.29 is 28.6 Å². The molecule has 1 fully saturated rings. The van der Waals surface area contributed by atoms with Crippen LogP contribution in [-0.2, 0) is 14.3 Å². The number of amides is 1. The normalized spacial score (nSPS) is 17.8. The van der Waals surface area contributed by atoms with Crippen LogP contribution in [0.4, 0.5) is 4.39 Å². The van der Waals surface area contributed by atoms with E-state index in [-0.39, 0.29) is 17.9 Å². The number of halogens is 1. The molecule has 3 rings (SSSR count). The highest BCUT2D eigenvalue weighted by atomic mass is 19.1. The molecule has 0 radical (unpaired) electrons. The van der Waals surface area contributed by atoms with E-state index in [0.717, 1.165) is 0 Å². The molecule has 0 spiro atoms. The molecule has 0 saturated carbocycles. The number of carbonyl (C=O) groups excluding carboxylic acids is 2. The van der Waals surface area contributed by atoms with E-state index in [1.54, 1.807) is 32.2 Å². The van der Waals surface area contributed by atoms with Crippen molar-refractivity contribution >= 4 is 17.4 Å². The van der Waals surface area contributed by atoms with Gasteiger partial charge in [-0.25, -0.2) is 4.39 Å². The minimum Gasteiger partial charge on any atom is -0.507 e. The van der Waals surface area contributed by atoms with Crippen molar-refractivity contribution in [2.24, 2.45) is 5.92 Å². The summed E-state index contributed by atoms with van der Waals surface area (Å²) in [5.41, 5.74) is 1.68. The molecule has 176 valence electrons. The van der Waals surface area contributed by atoms with Crippen LogP contribution < -0.4 is 4.74 Å². The molecule has 0 aliphatic carbocycles. The first-order valence-electron chi connectivity index (χ1n) is 11.0. The van der Waals surface area contributed by atoms with E-state index in [4.69, 9.17) is 9.47 Å². The van der Waals surface area contributed by atoms with Crippen molar-refractivity contribution in [2.45, 2.75) is 33.2 Å². The van der Waals surface area contributed by atoms with Crippen LogP contribution in [0, 0.1) is 18.7 Å². The third-order valence-electron chi connectivity index (χ3n) is 5.51. The predicted molar refractivity (Wildman–Crippen MR) is 123 cm³/mol. The molecule has 1 atom stereocenters. The number of hydrogen-bond acceptors (Lipinski definition) is 5. The van der Waals surface area contributed by atoms with Gasteiger partial charge in [0.05, 0.1) is 18.2 Å². The monoisotopic (exact) mass is 455 g/mol. The molecule has 1 aliphatic rings. The lowest BCUT2D eigenvalue weighted by atomic mass is 9.94. The summed E-state index contributed by atoms with van der Waals surface area (Å²) in [6.07, 6.45) is 0.516. The Hall–Kier alpha value is -3.19. The lowest BCUT2D eigenvalue weighted by Crippen LogP contribution is -2.31. The number of likely N-dealkylation sites (tertiary alicyclic amines) is 1. The lowest BCUT2D eigenvalue weighted by molar-refractivity contribution is -0.140. The van der Waals surface area contributed by atoms with Crippen LogP contribution in [0.3, 0.4) is 0 Å². The number of carbonyl (C=O) groups is 2. The van der Waals surface area contributed by atoms with Gasteiger partial charge in [0.1, 0.15) is 17.3 Å². The van der Waals surface area contributed by atoms with Crippen LogP contribution in [0.1, 0.15) is 43.0 Å². The van der Waals surface area contributed by atoms with Gasteiger partial charge in [-0.05, 0) is 60.7 Å². The molecular weight excluding hydrogens is 425 g/mol. The number of nitrogens with zero attached hydrogens (tertiary/aromatic N) is 1. The molecule has 0 bridgehead atoms. The SMILES string of the molecule is COCCCN1C(=O)C(=O)/C(=C(/O)c2ccc(OCC(C)C)cc2C)C1c1ccc(F)cc1. The molecule has 1 unspecified atom stereocenters. The van der Waals surface area contributed by atoms with Gasteiger partial charge in [-0.3, -0.25) is 9.59 Å². The molecule has 2 aromatic rings. The van der Waals surface area contributed by atoms with Crippen molar-refractivity contribution in [1.82, 2.24) is 4.90 Å². The number of Topliss-reactive ketones (excluding diaryl/α,β-unsaturated/α-hetero) is 1. The minimum absolute atomic E-state index is 0.0111. The summed E-state index contributed by atoms with van der Waals surface area (Å²) in [5.74, 6) is -1.13. The van der Waals surface area contributed by atoms with Gasteiger partial charge in [0.2, 0.25) is 0 Å². The van der Waals surface area contributed by atoms with Gasteiger partial charge in [-0.1, -0.05) is 26.0 Å². The maximum Gasteiger partial charge on any atom is 0.295 e. The van der Waals surface area contributed by atoms with E-state index in [9.17, 15) is 19.1 Å². The van der Waals surface area contributed by atoms with E-state index in [0.29, 0.717) is 48.0 Å². The number of methoxy groups -OCH3 is 1. The number of ether oxygens (including phenoxy) is 2. The topological polar surface area (TPSA) is 76.1 Å². The van der Waals surface area contributed by atoms with Crippen LogP contribution in [0.25, 0.3) is 5.76 Å². The maximum absolute atomic E-state index is 13.6. The molecule has 1 aliphatic heterocycles. The second-order valence-corrected chi connectivity index (χ2v) is 8.57. The second kappa shape index (κ2) is 10.6. The zero-order chi connectivity index (χ0) is 24.1. The number of ketones is 1. The number of benzene rings is 2. The van der Waals surface area contributed by atoms with Gasteiger partial charge in [-0.15, -0.1) is 0 Å². The Morgan fingerprint density at radius 1 is 1.15 bits per heavy atom. The first-order chi connectivity index (χ1) is 15.7. The van der Waals surface area contributed by atoms with Crippen LogP contribution in [0.2, 0.25) is 0 Å². The molecule has 7 heteroatoms. The van der Waals surface area contributed by atoms with Gasteiger partial charge in [-0.2, -0.15) is 0 Å². The molecule has 1 N–H and O–H groups in total. The molecule has 2 aromatic carbocycles. The first kappa shape index (κ1) is 24.5. The quantitative estimate of drug-likeness (QED) is 0.258. The molecule has 0 aromatic heterocycles. The Bertz CT molecular complexity index is 1050. The van der Waals surface area contributed by atoms with Crippen LogP contribution >= 0.6 is 0 Å². The zero-order valence-electron chi connectivity index (χ0n) is 19.4. The Morgan fingerprint density at radius 3 is 2.45 bits per heavy atom. The average molecular weight is 456 g/mol. The van der Waals surface area contributed by atoms with E-state index in [1.807, 2.05) is 13.8 Å². The predicted octanol–water partition coefficient (Wildman–Crippen LogP) is 4.63. The Balaban J connectivity index is 2.05. The van der Waals surface area contributed by atoms with Crippen molar-refractivity contribution in [1.29, 1.82) is 0 Å². The Labute approximate surface area is 193 Å². The molecule has 33 heavy (non-hydrogen) atoms. The first-order valence-corrected chi connectivity index (χ1v) is 11.0. The highest BCUT2D eigenvalue weighted by molar-refractivity contribution is 6.46. The molecular formula is C26H30FNO5. The number of rotatable bonds is 9. The summed E-state index contributed by atoms with van der Waals surface area (Å²) in [4.78, 5) is 27.3. The molecule has 6 nitrogen and oxygen atoms in total. The standard InChI is InChI=1S/C26H30FNO5/c1-16(2)15-33-20-10-11-21(17(3)14-20)24(29)22-23(18-6-8-19(27)9-7-18)28(12-5-13-32-4)26(31)25(22)30/h6-11,14,16,23,29H,5,12-13,15H2,1-4H3/b24-22+. The van der Waals surface area contributed by atoms with E-state index in [2.05, 4.69) is 0 Å². The van der Waals surface area contributed by atoms with Gasteiger partial charge in [0.15, 0.2) is 0 Å². The fourth-order valence-corrected chi connectivity index (χ4v) is 3.88. The third kappa shape index (κ3) is 5.42. The third-order valence-corrected chi connectivity index (χ3v) is 5.51. The maximum atomic E-state index is 13.6. The van der Waals surface area contributed by atoms with Gasteiger partial charge < -0.3 is 19.5 Å². The summed E-state index contributed by atoms with van der Waals surface area (Å²) in [7, 11) is 1.56. The molecule has 1 saturated heterocycles. The summed E-state index contributed by atoms with van der Waals surface area (Å²) in [6.45, 7) is 7.14. The van der Waals surface area contributed by atoms with Crippen molar-refractivity contribution in [3.63, 3.8) is 0 Å². The molecule has 1 heterocycles. The van der Waals surface area contributed by atoms with Gasteiger partial charge >= 0.3 is 0 Å². The fourth-order valence-electron chi connectivity index (χ4n) is 3.88. The van der Waals surface area contributed by atoms with Crippen LogP contribution in [-0.4, -0.2) is 48.6 Å². The Kier molecular flexibility index (Phi) is 7.87. The largest absolute Gasteiger partial charge is 0.507 e. The summed E-state index contributed by atoms with van der Waals surface area (Å²) >= 11 is 0. The number of aliphatic hydroxyl groups is 1. The second-order valence-electron chi connectivity index (χ2n) is 8.57. The smallest absolute Gasteiger partial charge is 0.295 e. The summed E-state index contributed by atoms with van der Waals surface area (Å²) in [6, 6.07) is 9.98. The zero-order valence-corrected chi connectivity index (χ0v) is 19.4. The van der Waals surface area contributed by atoms with Crippen LogP contribution in [0.15, 0.2) is 48.0 Å². The number of aryl methyl sites for hydroxylation is 1. The van der Waals surface area contributed by atoms with Crippen molar-refractivity contribution in [3.05, 3.63) is 70.5 Å². The fraction of sp³-hybridized carbons (Fsp3) is 0.385. The number of hydrogen-bond donors (Lipinski definition) is 1. The van der Waals surface area contributed by atoms with Crippen molar-refractivity contribution in [2.75, 3.05) is 26.9 Å².